The molecule has 8 heteroatoms. The number of carbonyl (C=O) groups is 1. The lowest BCUT2D eigenvalue weighted by atomic mass is 9.93. The third-order valence-corrected chi connectivity index (χ3v) is 5.61. The summed E-state index contributed by atoms with van der Waals surface area (Å²) in [6.07, 6.45) is -0.436. The Bertz CT molecular complexity index is 462. The summed E-state index contributed by atoms with van der Waals surface area (Å²) in [6.45, 7) is 10.5. The molecule has 0 aromatic rings. The zero-order chi connectivity index (χ0) is 21.3. The van der Waals surface area contributed by atoms with Crippen LogP contribution in [0, 0.1) is 11.8 Å². The molecular formula is C19H36F3NO3S. The number of unbranched alkanes of at least 4 members (excludes halogenated alkanes) is 4. The summed E-state index contributed by atoms with van der Waals surface area (Å²) in [4.78, 5) is 12.4. The van der Waals surface area contributed by atoms with Gasteiger partial charge in [-0.2, -0.15) is 13.2 Å². The quantitative estimate of drug-likeness (QED) is 0.354. The van der Waals surface area contributed by atoms with Gasteiger partial charge in [0.2, 0.25) is 0 Å². The van der Waals surface area contributed by atoms with Crippen molar-refractivity contribution in [1.82, 2.24) is 4.72 Å². The minimum absolute atomic E-state index is 0.0279. The van der Waals surface area contributed by atoms with E-state index in [-0.39, 0.29) is 18.9 Å². The smallest absolute Gasteiger partial charge is 0.405 e. The molecule has 4 nitrogen and oxygen atoms in total. The maximum atomic E-state index is 13.7. The van der Waals surface area contributed by atoms with Gasteiger partial charge in [0.1, 0.15) is 6.04 Å². The van der Waals surface area contributed by atoms with Gasteiger partial charge >= 0.3 is 12.1 Å². The number of carbonyl (C=O) groups excluding carboxylic acids is 1. The van der Waals surface area contributed by atoms with Crippen molar-refractivity contribution in [3.8, 4) is 0 Å². The Morgan fingerprint density at radius 1 is 1.07 bits per heavy atom. The largest absolute Gasteiger partial charge is 0.465 e. The highest BCUT2D eigenvalue weighted by molar-refractivity contribution is 7.84. The lowest BCUT2D eigenvalue weighted by molar-refractivity contribution is -0.180. The fraction of sp³-hybridized carbons (Fsp3) is 0.947. The van der Waals surface area contributed by atoms with Gasteiger partial charge in [-0.25, -0.2) is 8.93 Å². The highest BCUT2D eigenvalue weighted by Gasteiger charge is 2.49. The van der Waals surface area contributed by atoms with E-state index >= 15 is 0 Å². The zero-order valence-electron chi connectivity index (χ0n) is 17.4. The fourth-order valence-corrected chi connectivity index (χ4v) is 3.30. The molecule has 0 bridgehead atoms. The molecule has 0 amide bonds. The molecule has 0 heterocycles. The lowest BCUT2D eigenvalue weighted by Gasteiger charge is -2.31. The molecule has 0 saturated carbocycles. The van der Waals surface area contributed by atoms with Crippen molar-refractivity contribution in [3.63, 3.8) is 0 Å². The maximum Gasteiger partial charge on any atom is 0.405 e. The Kier molecular flexibility index (Phi) is 11.8. The predicted molar refractivity (Wildman–Crippen MR) is 104 cm³/mol. The van der Waals surface area contributed by atoms with E-state index < -0.39 is 39.8 Å². The summed E-state index contributed by atoms with van der Waals surface area (Å²) < 4.78 is 59.8. The first-order valence-corrected chi connectivity index (χ1v) is 10.9. The molecule has 0 rings (SSSR count). The normalized spacial score (nSPS) is 16.2. The zero-order valence-corrected chi connectivity index (χ0v) is 18.3. The van der Waals surface area contributed by atoms with Gasteiger partial charge in [0.15, 0.2) is 0 Å². The second-order valence-corrected chi connectivity index (χ2v) is 10.3. The van der Waals surface area contributed by atoms with E-state index in [1.807, 2.05) is 13.8 Å². The van der Waals surface area contributed by atoms with E-state index in [4.69, 9.17) is 4.74 Å². The highest BCUT2D eigenvalue weighted by atomic mass is 32.2. The Morgan fingerprint density at radius 2 is 1.63 bits per heavy atom. The van der Waals surface area contributed by atoms with E-state index in [0.717, 1.165) is 25.7 Å². The van der Waals surface area contributed by atoms with Crippen LogP contribution in [0.4, 0.5) is 13.2 Å². The van der Waals surface area contributed by atoms with Crippen LogP contribution >= 0.6 is 0 Å². The van der Waals surface area contributed by atoms with Crippen LogP contribution in [0.2, 0.25) is 0 Å². The summed E-state index contributed by atoms with van der Waals surface area (Å²) in [7, 11) is -1.95. The Morgan fingerprint density at radius 3 is 2.07 bits per heavy atom. The molecule has 0 radical (unpaired) electrons. The third kappa shape index (κ3) is 11.1. The summed E-state index contributed by atoms with van der Waals surface area (Å²) in [5, 5.41) is 0. The van der Waals surface area contributed by atoms with Gasteiger partial charge in [0.25, 0.3) is 0 Å². The number of hydrogen-bond acceptors (Lipinski definition) is 3. The first-order chi connectivity index (χ1) is 12.3. The molecular weight excluding hydrogens is 379 g/mol. The molecule has 27 heavy (non-hydrogen) atoms. The van der Waals surface area contributed by atoms with E-state index in [1.165, 1.54) is 0 Å². The predicted octanol–water partition coefficient (Wildman–Crippen LogP) is 5.15. The molecule has 3 atom stereocenters. The standard InChI is InChI=1S/C19H36F3NO3S/c1-7-8-9-10-11-12-15(17(24)26-13-14(2)3)16(19(20,21)22)23-27(25)18(4,5)6/h14-16,23H,7-13H2,1-6H3/t15-,16-,27-/m0/s1. The van der Waals surface area contributed by atoms with Crippen molar-refractivity contribution in [2.24, 2.45) is 11.8 Å². The van der Waals surface area contributed by atoms with Gasteiger partial charge in [-0.1, -0.05) is 52.9 Å². The van der Waals surface area contributed by atoms with E-state index in [2.05, 4.69) is 11.6 Å². The molecule has 0 aliphatic carbocycles. The minimum Gasteiger partial charge on any atom is -0.465 e. The Labute approximate surface area is 164 Å². The number of alkyl halides is 3. The molecule has 0 fully saturated rings. The molecule has 0 aliphatic heterocycles. The Balaban J connectivity index is 5.36. The van der Waals surface area contributed by atoms with Crippen LogP contribution in [0.3, 0.4) is 0 Å². The van der Waals surface area contributed by atoms with Crippen molar-refractivity contribution in [1.29, 1.82) is 0 Å². The fourth-order valence-electron chi connectivity index (χ4n) is 2.41. The van der Waals surface area contributed by atoms with Crippen LogP contribution in [0.15, 0.2) is 0 Å². The SMILES string of the molecule is CCCCCCC[C@H](C(=O)OCC(C)C)[C@H](N[S@@](=O)C(C)(C)C)C(F)(F)F. The van der Waals surface area contributed by atoms with E-state index in [0.29, 0.717) is 6.42 Å². The minimum atomic E-state index is -4.70. The van der Waals surface area contributed by atoms with Gasteiger partial charge in [-0.05, 0) is 33.1 Å². The molecule has 0 spiro atoms. The number of ether oxygens (including phenoxy) is 1. The topological polar surface area (TPSA) is 55.4 Å². The first-order valence-electron chi connectivity index (χ1n) is 9.72. The van der Waals surface area contributed by atoms with Crippen LogP contribution in [0.1, 0.15) is 80.1 Å². The second kappa shape index (κ2) is 12.0. The van der Waals surface area contributed by atoms with E-state index in [9.17, 15) is 22.2 Å². The molecule has 0 aromatic carbocycles. The van der Waals surface area contributed by atoms with Gasteiger partial charge in [0, 0.05) is 0 Å². The monoisotopic (exact) mass is 415 g/mol. The number of halogens is 3. The second-order valence-electron chi connectivity index (χ2n) is 8.35. The average molecular weight is 416 g/mol. The summed E-state index contributed by atoms with van der Waals surface area (Å²) in [6, 6.07) is -2.19. The van der Waals surface area contributed by atoms with E-state index in [1.54, 1.807) is 20.8 Å². The average Bonchev–Trinajstić information content (AvgIpc) is 2.52. The maximum absolute atomic E-state index is 13.7. The number of hydrogen-bond donors (Lipinski definition) is 1. The summed E-state index contributed by atoms with van der Waals surface area (Å²) >= 11 is 0. The van der Waals surface area contributed by atoms with Crippen LogP contribution in [-0.4, -0.2) is 33.8 Å². The molecule has 0 aliphatic rings. The van der Waals surface area contributed by atoms with Crippen LogP contribution in [0.5, 0.6) is 0 Å². The summed E-state index contributed by atoms with van der Waals surface area (Å²) in [5.74, 6) is -2.25. The van der Waals surface area contributed by atoms with Gasteiger partial charge in [-0.3, -0.25) is 4.79 Å². The molecule has 0 unspecified atom stereocenters. The van der Waals surface area contributed by atoms with Crippen molar-refractivity contribution in [2.45, 2.75) is 97.0 Å². The molecule has 0 saturated heterocycles. The third-order valence-electron chi connectivity index (χ3n) is 4.03. The van der Waals surface area contributed by atoms with Crippen LogP contribution in [-0.2, 0) is 20.5 Å². The van der Waals surface area contributed by atoms with Gasteiger partial charge < -0.3 is 4.74 Å². The number of rotatable bonds is 12. The molecule has 162 valence electrons. The number of nitrogens with one attached hydrogen (secondary N) is 1. The van der Waals surface area contributed by atoms with Crippen molar-refractivity contribution in [3.05, 3.63) is 0 Å². The number of esters is 1. The summed E-state index contributed by atoms with van der Waals surface area (Å²) in [5.41, 5.74) is 0. The van der Waals surface area contributed by atoms with Gasteiger partial charge in [0.05, 0.1) is 28.3 Å². The molecule has 1 N–H and O–H groups in total. The lowest BCUT2D eigenvalue weighted by Crippen LogP contribution is -2.53. The molecule has 0 aromatic heterocycles. The highest BCUT2D eigenvalue weighted by Crippen LogP contribution is 2.31. The Hall–Kier alpha value is -0.630. The first kappa shape index (κ1) is 26.4. The van der Waals surface area contributed by atoms with Crippen molar-refractivity contribution in [2.75, 3.05) is 6.61 Å². The van der Waals surface area contributed by atoms with Crippen LogP contribution in [0.25, 0.3) is 0 Å². The van der Waals surface area contributed by atoms with Crippen molar-refractivity contribution < 1.29 is 26.9 Å². The van der Waals surface area contributed by atoms with Crippen molar-refractivity contribution >= 4 is 17.0 Å². The van der Waals surface area contributed by atoms with Gasteiger partial charge in [-0.15, -0.1) is 0 Å². The van der Waals surface area contributed by atoms with Crippen LogP contribution < -0.4 is 4.72 Å².